The van der Waals surface area contributed by atoms with Crippen LogP contribution in [0.5, 0.6) is 5.75 Å². The Labute approximate surface area is 171 Å². The number of nitrogens with one attached hydrogen (secondary N) is 2. The summed E-state index contributed by atoms with van der Waals surface area (Å²) in [7, 11) is 0. The number of anilines is 1. The maximum absolute atomic E-state index is 14.4. The number of hydrogen-bond donors (Lipinski definition) is 2. The highest BCUT2D eigenvalue weighted by atomic mass is 35.5. The van der Waals surface area contributed by atoms with Crippen molar-refractivity contribution in [1.82, 2.24) is 20.6 Å². The van der Waals surface area contributed by atoms with Gasteiger partial charge in [0, 0.05) is 23.2 Å². The van der Waals surface area contributed by atoms with Crippen molar-refractivity contribution in [3.8, 4) is 17.3 Å². The Balaban J connectivity index is 1.48. The van der Waals surface area contributed by atoms with Crippen LogP contribution in [-0.2, 0) is 6.54 Å². The minimum atomic E-state index is -4.47. The van der Waals surface area contributed by atoms with E-state index < -0.39 is 18.6 Å². The number of hydrogen-bond acceptors (Lipinski definition) is 6. The normalized spacial score (nSPS) is 11.8. The molecular formula is C18H12ClF4N5O2. The number of rotatable bonds is 6. The third-order valence-corrected chi connectivity index (χ3v) is 4.35. The molecule has 7 nitrogen and oxygen atoms in total. The summed E-state index contributed by atoms with van der Waals surface area (Å²) in [5, 5.41) is 16.9. The lowest BCUT2D eigenvalue weighted by atomic mass is 10.1. The fourth-order valence-electron chi connectivity index (χ4n) is 2.70. The fourth-order valence-corrected chi connectivity index (χ4v) is 2.93. The number of nitrogens with zero attached hydrogens (tertiary/aromatic N) is 3. The number of furan rings is 1. The molecule has 156 valence electrons. The van der Waals surface area contributed by atoms with Gasteiger partial charge in [0.1, 0.15) is 17.1 Å². The van der Waals surface area contributed by atoms with E-state index in [0.29, 0.717) is 28.0 Å². The maximum Gasteiger partial charge on any atom is 0.422 e. The molecule has 0 radical (unpaired) electrons. The summed E-state index contributed by atoms with van der Waals surface area (Å²) in [5.74, 6) is 0.0154. The van der Waals surface area contributed by atoms with E-state index in [9.17, 15) is 17.6 Å². The Morgan fingerprint density at radius 3 is 2.70 bits per heavy atom. The zero-order valence-corrected chi connectivity index (χ0v) is 15.7. The predicted octanol–water partition coefficient (Wildman–Crippen LogP) is 4.96. The molecule has 0 saturated heterocycles. The Morgan fingerprint density at radius 2 is 2.00 bits per heavy atom. The molecule has 0 unspecified atom stereocenters. The average molecular weight is 442 g/mol. The quantitative estimate of drug-likeness (QED) is 0.411. The largest absolute Gasteiger partial charge is 0.483 e. The molecule has 2 aromatic carbocycles. The molecule has 4 rings (SSSR count). The van der Waals surface area contributed by atoms with Gasteiger partial charge in [0.2, 0.25) is 5.82 Å². The highest BCUT2D eigenvalue weighted by Gasteiger charge is 2.28. The zero-order valence-electron chi connectivity index (χ0n) is 14.9. The molecule has 12 heteroatoms. The topological polar surface area (TPSA) is 88.9 Å². The Morgan fingerprint density at radius 1 is 1.17 bits per heavy atom. The molecule has 0 spiro atoms. The first kappa shape index (κ1) is 20.0. The number of aromatic nitrogens is 4. The van der Waals surface area contributed by atoms with Crippen molar-refractivity contribution in [1.29, 1.82) is 0 Å². The van der Waals surface area contributed by atoms with E-state index in [2.05, 4.69) is 30.7 Å². The van der Waals surface area contributed by atoms with E-state index >= 15 is 0 Å². The molecule has 0 aliphatic heterocycles. The number of H-pyrrole nitrogens is 1. The van der Waals surface area contributed by atoms with Crippen LogP contribution >= 0.6 is 11.6 Å². The highest BCUT2D eigenvalue weighted by Crippen LogP contribution is 2.31. The number of halogens is 5. The summed E-state index contributed by atoms with van der Waals surface area (Å²) < 4.78 is 61.5. The van der Waals surface area contributed by atoms with Gasteiger partial charge in [-0.3, -0.25) is 0 Å². The molecule has 0 aliphatic carbocycles. The summed E-state index contributed by atoms with van der Waals surface area (Å²) in [6, 6.07) is 8.63. The van der Waals surface area contributed by atoms with Crippen molar-refractivity contribution in [2.75, 3.05) is 11.9 Å². The van der Waals surface area contributed by atoms with E-state index in [1.807, 2.05) is 0 Å². The molecule has 4 aromatic rings. The van der Waals surface area contributed by atoms with Gasteiger partial charge in [-0.15, -0.1) is 10.2 Å². The van der Waals surface area contributed by atoms with Gasteiger partial charge < -0.3 is 14.5 Å². The molecule has 0 fully saturated rings. The first-order chi connectivity index (χ1) is 14.3. The number of alkyl halides is 3. The summed E-state index contributed by atoms with van der Waals surface area (Å²) in [5.41, 5.74) is 1.22. The lowest BCUT2D eigenvalue weighted by Crippen LogP contribution is -2.19. The van der Waals surface area contributed by atoms with Crippen molar-refractivity contribution in [3.63, 3.8) is 0 Å². The van der Waals surface area contributed by atoms with E-state index in [4.69, 9.17) is 16.0 Å². The zero-order chi connectivity index (χ0) is 21.3. The molecule has 2 aromatic heterocycles. The van der Waals surface area contributed by atoms with Crippen LogP contribution in [0.3, 0.4) is 0 Å². The van der Waals surface area contributed by atoms with Crippen LogP contribution in [0.15, 0.2) is 40.8 Å². The van der Waals surface area contributed by atoms with Gasteiger partial charge in [-0.25, -0.2) is 4.39 Å². The minimum absolute atomic E-state index is 0.00374. The van der Waals surface area contributed by atoms with Gasteiger partial charge in [0.15, 0.2) is 12.4 Å². The second-order valence-electron chi connectivity index (χ2n) is 6.23. The molecule has 0 bridgehead atoms. The van der Waals surface area contributed by atoms with E-state index in [-0.39, 0.29) is 23.1 Å². The summed E-state index contributed by atoms with van der Waals surface area (Å²) in [6.07, 6.45) is -4.47. The monoisotopic (exact) mass is 441 g/mol. The predicted molar refractivity (Wildman–Crippen MR) is 99.7 cm³/mol. The number of ether oxygens (including phenoxy) is 1. The molecular weight excluding hydrogens is 430 g/mol. The standard InChI is InChI=1S/C18H12ClF4N5O2/c19-12-6-11(1-2-14(12)29-8-18(21,22)23)24-7-10-5-15-9(3-13(10)20)4-16(30-15)17-25-27-28-26-17/h1-6,24H,7-8H2,(H,25,26,27,28). The lowest BCUT2D eigenvalue weighted by molar-refractivity contribution is -0.153. The number of tetrazole rings is 1. The average Bonchev–Trinajstić information content (AvgIpc) is 3.34. The smallest absolute Gasteiger partial charge is 0.422 e. The molecule has 0 saturated carbocycles. The van der Waals surface area contributed by atoms with E-state index in [0.717, 1.165) is 0 Å². The fraction of sp³-hybridized carbons (Fsp3) is 0.167. The molecule has 0 aliphatic rings. The van der Waals surface area contributed by atoms with Crippen LogP contribution in [0.25, 0.3) is 22.6 Å². The van der Waals surface area contributed by atoms with Crippen LogP contribution in [-0.4, -0.2) is 33.4 Å². The minimum Gasteiger partial charge on any atom is -0.483 e. The second kappa shape index (κ2) is 7.82. The third-order valence-electron chi connectivity index (χ3n) is 4.06. The van der Waals surface area contributed by atoms with Crippen molar-refractivity contribution < 1.29 is 26.7 Å². The second-order valence-corrected chi connectivity index (χ2v) is 6.64. The first-order valence-corrected chi connectivity index (χ1v) is 8.85. The SMILES string of the molecule is Fc1cc2cc(-c3nn[nH]n3)oc2cc1CNc1ccc(OCC(F)(F)F)c(Cl)c1. The van der Waals surface area contributed by atoms with Crippen LogP contribution in [0.2, 0.25) is 5.02 Å². The first-order valence-electron chi connectivity index (χ1n) is 8.47. The highest BCUT2D eigenvalue weighted by molar-refractivity contribution is 6.32. The van der Waals surface area contributed by atoms with Crippen LogP contribution in [0.1, 0.15) is 5.56 Å². The molecule has 30 heavy (non-hydrogen) atoms. The molecule has 0 amide bonds. The van der Waals surface area contributed by atoms with Crippen LogP contribution < -0.4 is 10.1 Å². The van der Waals surface area contributed by atoms with Gasteiger partial charge in [-0.2, -0.15) is 18.4 Å². The molecule has 2 N–H and O–H groups in total. The van der Waals surface area contributed by atoms with Gasteiger partial charge in [0.05, 0.1) is 5.02 Å². The lowest BCUT2D eigenvalue weighted by Gasteiger charge is -2.12. The number of benzene rings is 2. The Hall–Kier alpha value is -3.34. The number of fused-ring (bicyclic) bond motifs is 1. The van der Waals surface area contributed by atoms with Gasteiger partial charge in [-0.1, -0.05) is 11.6 Å². The summed E-state index contributed by atoms with van der Waals surface area (Å²) in [4.78, 5) is 0. The maximum atomic E-state index is 14.4. The van der Waals surface area contributed by atoms with E-state index in [1.54, 1.807) is 6.07 Å². The van der Waals surface area contributed by atoms with Gasteiger partial charge in [0.25, 0.3) is 0 Å². The molecule has 0 atom stereocenters. The Bertz CT molecular complexity index is 1180. The van der Waals surface area contributed by atoms with E-state index in [1.165, 1.54) is 30.3 Å². The van der Waals surface area contributed by atoms with Crippen LogP contribution in [0, 0.1) is 5.82 Å². The number of aromatic amines is 1. The van der Waals surface area contributed by atoms with Crippen molar-refractivity contribution >= 4 is 28.3 Å². The summed E-state index contributed by atoms with van der Waals surface area (Å²) >= 11 is 5.96. The van der Waals surface area contributed by atoms with Crippen molar-refractivity contribution in [2.45, 2.75) is 12.7 Å². The van der Waals surface area contributed by atoms with Crippen molar-refractivity contribution in [2.24, 2.45) is 0 Å². The molecule has 2 heterocycles. The van der Waals surface area contributed by atoms with Gasteiger partial charge >= 0.3 is 6.18 Å². The third kappa shape index (κ3) is 4.46. The van der Waals surface area contributed by atoms with Crippen LogP contribution in [0.4, 0.5) is 23.2 Å². The van der Waals surface area contributed by atoms with Gasteiger partial charge in [-0.05, 0) is 41.6 Å². The summed E-state index contributed by atoms with van der Waals surface area (Å²) in [6.45, 7) is -1.36. The Kier molecular flexibility index (Phi) is 5.20. The van der Waals surface area contributed by atoms with Crippen molar-refractivity contribution in [3.05, 3.63) is 52.8 Å².